The third kappa shape index (κ3) is 3.00. The van der Waals surface area contributed by atoms with E-state index in [9.17, 15) is 4.79 Å². The molecule has 0 aromatic heterocycles. The molecule has 1 aliphatic heterocycles. The van der Waals surface area contributed by atoms with Gasteiger partial charge in [-0.25, -0.2) is 5.84 Å². The first kappa shape index (κ1) is 17.5. The third-order valence-corrected chi connectivity index (χ3v) is 4.81. The van der Waals surface area contributed by atoms with E-state index in [1.165, 1.54) is 22.3 Å². The predicted molar refractivity (Wildman–Crippen MR) is 97.1 cm³/mol. The highest BCUT2D eigenvalue weighted by atomic mass is 16.2. The van der Waals surface area contributed by atoms with E-state index in [4.69, 9.17) is 5.84 Å². The lowest BCUT2D eigenvalue weighted by Gasteiger charge is -2.48. The summed E-state index contributed by atoms with van der Waals surface area (Å²) in [6.45, 7) is 14.8. The standard InChI is InChI=1S/C19H29N3O/c1-11(2)17(18(23)21-20)22-16-9-13(4)12(3)8-15(16)14(5)10-19(22,6)7/h8-11,17H,20H2,1-7H3,(H,21,23)/t17-/m1/s1. The maximum atomic E-state index is 12.5. The maximum Gasteiger partial charge on any atom is 0.256 e. The lowest BCUT2D eigenvalue weighted by atomic mass is 9.84. The summed E-state index contributed by atoms with van der Waals surface area (Å²) in [7, 11) is 0. The Hall–Kier alpha value is -1.81. The Labute approximate surface area is 139 Å². The van der Waals surface area contributed by atoms with Crippen molar-refractivity contribution in [3.63, 3.8) is 0 Å². The van der Waals surface area contributed by atoms with E-state index in [1.807, 2.05) is 0 Å². The molecule has 0 aliphatic carbocycles. The molecular weight excluding hydrogens is 286 g/mol. The Morgan fingerprint density at radius 2 is 1.74 bits per heavy atom. The van der Waals surface area contributed by atoms with Crippen molar-refractivity contribution in [1.82, 2.24) is 5.43 Å². The molecule has 0 unspecified atom stereocenters. The highest BCUT2D eigenvalue weighted by molar-refractivity contribution is 5.90. The Morgan fingerprint density at radius 1 is 1.17 bits per heavy atom. The van der Waals surface area contributed by atoms with E-state index in [1.54, 1.807) is 0 Å². The van der Waals surface area contributed by atoms with Gasteiger partial charge >= 0.3 is 0 Å². The SMILES string of the molecule is CC1=CC(C)(C)N([C@@H](C(=O)NN)C(C)C)c2cc(C)c(C)cc21. The predicted octanol–water partition coefficient (Wildman–Crippen LogP) is 3.32. The summed E-state index contributed by atoms with van der Waals surface area (Å²) < 4.78 is 0. The molecule has 4 heteroatoms. The quantitative estimate of drug-likeness (QED) is 0.511. The summed E-state index contributed by atoms with van der Waals surface area (Å²) in [4.78, 5) is 14.7. The number of hydrogen-bond acceptors (Lipinski definition) is 3. The molecule has 0 spiro atoms. The second kappa shape index (κ2) is 6.00. The van der Waals surface area contributed by atoms with Crippen molar-refractivity contribution in [2.45, 2.75) is 60.0 Å². The first-order valence-electron chi connectivity index (χ1n) is 8.21. The second-order valence-electron chi connectivity index (χ2n) is 7.50. The van der Waals surface area contributed by atoms with Gasteiger partial charge in [-0.15, -0.1) is 0 Å². The summed E-state index contributed by atoms with van der Waals surface area (Å²) in [5, 5.41) is 0. The van der Waals surface area contributed by atoms with E-state index in [2.05, 4.69) is 77.0 Å². The van der Waals surface area contributed by atoms with Gasteiger partial charge in [-0.1, -0.05) is 19.9 Å². The van der Waals surface area contributed by atoms with Gasteiger partial charge in [0.05, 0.1) is 5.54 Å². The molecule has 1 aromatic rings. The molecule has 1 aliphatic rings. The minimum absolute atomic E-state index is 0.138. The van der Waals surface area contributed by atoms with Crippen LogP contribution >= 0.6 is 0 Å². The molecule has 1 amide bonds. The number of nitrogens with two attached hydrogens (primary N) is 1. The number of amides is 1. The van der Waals surface area contributed by atoms with Gasteiger partial charge in [0.2, 0.25) is 0 Å². The Kier molecular flexibility index (Phi) is 4.58. The Balaban J connectivity index is 2.72. The van der Waals surface area contributed by atoms with Crippen LogP contribution in [0.3, 0.4) is 0 Å². The fourth-order valence-electron chi connectivity index (χ4n) is 3.62. The average molecular weight is 315 g/mol. The molecule has 0 bridgehead atoms. The van der Waals surface area contributed by atoms with Crippen LogP contribution in [0.5, 0.6) is 0 Å². The summed E-state index contributed by atoms with van der Waals surface area (Å²) in [5.41, 5.74) is 8.14. The van der Waals surface area contributed by atoms with E-state index in [0.717, 1.165) is 5.69 Å². The van der Waals surface area contributed by atoms with E-state index in [-0.39, 0.29) is 23.4 Å². The molecule has 126 valence electrons. The summed E-state index contributed by atoms with van der Waals surface area (Å²) in [6.07, 6.45) is 2.24. The number of nitrogens with one attached hydrogen (secondary N) is 1. The normalized spacial score (nSPS) is 17.6. The number of hydrazine groups is 1. The number of carbonyl (C=O) groups excluding carboxylic acids is 1. The van der Waals surface area contributed by atoms with Gasteiger partial charge in [-0.2, -0.15) is 0 Å². The van der Waals surface area contributed by atoms with E-state index in [0.29, 0.717) is 0 Å². The van der Waals surface area contributed by atoms with Gasteiger partial charge in [-0.3, -0.25) is 10.2 Å². The fraction of sp³-hybridized carbons (Fsp3) is 0.526. The molecule has 1 heterocycles. The van der Waals surface area contributed by atoms with Crippen molar-refractivity contribution in [1.29, 1.82) is 0 Å². The van der Waals surface area contributed by atoms with Crippen LogP contribution in [0.1, 0.15) is 51.3 Å². The van der Waals surface area contributed by atoms with Crippen LogP contribution in [-0.4, -0.2) is 17.5 Å². The zero-order valence-corrected chi connectivity index (χ0v) is 15.3. The first-order valence-corrected chi connectivity index (χ1v) is 8.21. The number of anilines is 1. The zero-order valence-electron chi connectivity index (χ0n) is 15.3. The van der Waals surface area contributed by atoms with Gasteiger partial charge in [0, 0.05) is 11.3 Å². The minimum atomic E-state index is -0.319. The van der Waals surface area contributed by atoms with E-state index < -0.39 is 0 Å². The molecular formula is C19H29N3O. The minimum Gasteiger partial charge on any atom is -0.350 e. The van der Waals surface area contributed by atoms with Gasteiger partial charge in [0.15, 0.2) is 0 Å². The number of hydrogen-bond donors (Lipinski definition) is 2. The van der Waals surface area contributed by atoms with Crippen molar-refractivity contribution >= 4 is 17.2 Å². The first-order chi connectivity index (χ1) is 10.6. The number of rotatable bonds is 3. The van der Waals surface area contributed by atoms with Crippen LogP contribution in [0, 0.1) is 19.8 Å². The lowest BCUT2D eigenvalue weighted by molar-refractivity contribution is -0.123. The van der Waals surface area contributed by atoms with Crippen LogP contribution in [0.25, 0.3) is 5.57 Å². The smallest absolute Gasteiger partial charge is 0.256 e. The largest absolute Gasteiger partial charge is 0.350 e. The molecule has 4 nitrogen and oxygen atoms in total. The molecule has 0 saturated carbocycles. The lowest BCUT2D eigenvalue weighted by Crippen LogP contribution is -2.59. The monoisotopic (exact) mass is 315 g/mol. The molecule has 23 heavy (non-hydrogen) atoms. The highest BCUT2D eigenvalue weighted by Crippen LogP contribution is 2.42. The van der Waals surface area contributed by atoms with Crippen LogP contribution < -0.4 is 16.2 Å². The average Bonchev–Trinajstić information content (AvgIpc) is 2.44. The zero-order chi connectivity index (χ0) is 17.5. The van der Waals surface area contributed by atoms with Crippen molar-refractivity contribution < 1.29 is 4.79 Å². The summed E-state index contributed by atoms with van der Waals surface area (Å²) in [5.74, 6) is 5.46. The van der Waals surface area contributed by atoms with Crippen LogP contribution in [-0.2, 0) is 4.79 Å². The molecule has 1 aromatic carbocycles. The van der Waals surface area contributed by atoms with Gasteiger partial charge in [-0.05, 0) is 69.4 Å². The van der Waals surface area contributed by atoms with Crippen LogP contribution in [0.2, 0.25) is 0 Å². The van der Waals surface area contributed by atoms with Crippen molar-refractivity contribution in [3.05, 3.63) is 34.9 Å². The van der Waals surface area contributed by atoms with E-state index >= 15 is 0 Å². The summed E-state index contributed by atoms with van der Waals surface area (Å²) >= 11 is 0. The number of fused-ring (bicyclic) bond motifs is 1. The molecule has 0 saturated heterocycles. The van der Waals surface area contributed by atoms with Gasteiger partial charge in [0.25, 0.3) is 5.91 Å². The fourth-order valence-corrected chi connectivity index (χ4v) is 3.62. The van der Waals surface area contributed by atoms with Crippen LogP contribution in [0.15, 0.2) is 18.2 Å². The summed E-state index contributed by atoms with van der Waals surface area (Å²) in [6, 6.07) is 4.10. The van der Waals surface area contributed by atoms with Gasteiger partial charge < -0.3 is 4.90 Å². The number of benzene rings is 1. The topological polar surface area (TPSA) is 58.4 Å². The number of aryl methyl sites for hydroxylation is 2. The highest BCUT2D eigenvalue weighted by Gasteiger charge is 2.40. The molecule has 0 radical (unpaired) electrons. The van der Waals surface area contributed by atoms with Gasteiger partial charge in [0.1, 0.15) is 6.04 Å². The molecule has 0 fully saturated rings. The second-order valence-corrected chi connectivity index (χ2v) is 7.50. The third-order valence-electron chi connectivity index (χ3n) is 4.81. The Morgan fingerprint density at radius 3 is 2.26 bits per heavy atom. The Bertz CT molecular complexity index is 659. The number of nitrogens with zero attached hydrogens (tertiary/aromatic N) is 1. The molecule has 2 rings (SSSR count). The maximum absolute atomic E-state index is 12.5. The van der Waals surface area contributed by atoms with Crippen LogP contribution in [0.4, 0.5) is 5.69 Å². The van der Waals surface area contributed by atoms with Crippen molar-refractivity contribution in [2.75, 3.05) is 4.90 Å². The number of carbonyl (C=O) groups is 1. The van der Waals surface area contributed by atoms with Crippen molar-refractivity contribution in [2.24, 2.45) is 11.8 Å². The molecule has 1 atom stereocenters. The number of allylic oxidation sites excluding steroid dienone is 1. The molecule has 3 N–H and O–H groups in total. The van der Waals surface area contributed by atoms with Crippen molar-refractivity contribution in [3.8, 4) is 0 Å².